The molecule has 1 aliphatic rings. The van der Waals surface area contributed by atoms with E-state index in [2.05, 4.69) is 5.32 Å². The van der Waals surface area contributed by atoms with Crippen molar-refractivity contribution >= 4 is 23.0 Å². The summed E-state index contributed by atoms with van der Waals surface area (Å²) in [5.41, 5.74) is 7.46. The molecule has 1 fully saturated rings. The lowest BCUT2D eigenvalue weighted by atomic mass is 10.2. The number of anilines is 2. The lowest BCUT2D eigenvalue weighted by Gasteiger charge is -2.09. The van der Waals surface area contributed by atoms with Crippen LogP contribution < -0.4 is 11.1 Å². The van der Waals surface area contributed by atoms with E-state index in [9.17, 15) is 0 Å². The van der Waals surface area contributed by atoms with Crippen molar-refractivity contribution in [2.45, 2.75) is 19.3 Å². The predicted octanol–water partition coefficient (Wildman–Crippen LogP) is 3.15. The van der Waals surface area contributed by atoms with Crippen molar-refractivity contribution in [3.05, 3.63) is 23.2 Å². The zero-order valence-electron chi connectivity index (χ0n) is 9.92. The van der Waals surface area contributed by atoms with Gasteiger partial charge in [-0.2, -0.15) is 0 Å². The van der Waals surface area contributed by atoms with E-state index in [1.165, 1.54) is 12.8 Å². The Morgan fingerprint density at radius 2 is 2.24 bits per heavy atom. The number of nitrogen functional groups attached to an aromatic ring is 1. The predicted molar refractivity (Wildman–Crippen MR) is 72.5 cm³/mol. The van der Waals surface area contributed by atoms with Gasteiger partial charge in [0.05, 0.1) is 11.4 Å². The molecule has 0 spiro atoms. The fraction of sp³-hybridized carbons (Fsp3) is 0.538. The average Bonchev–Trinajstić information content (AvgIpc) is 3.11. The quantitative estimate of drug-likeness (QED) is 0.581. The lowest BCUT2D eigenvalue weighted by Crippen LogP contribution is -2.08. The van der Waals surface area contributed by atoms with Gasteiger partial charge in [0, 0.05) is 24.8 Å². The molecule has 0 saturated heterocycles. The molecular weight excluding hydrogens is 236 g/mol. The van der Waals surface area contributed by atoms with Crippen molar-refractivity contribution in [3.63, 3.8) is 0 Å². The summed E-state index contributed by atoms with van der Waals surface area (Å²) in [6.07, 6.45) is 3.67. The summed E-state index contributed by atoms with van der Waals surface area (Å²) < 4.78 is 5.55. The topological polar surface area (TPSA) is 47.3 Å². The highest BCUT2D eigenvalue weighted by Crippen LogP contribution is 2.28. The Bertz CT molecular complexity index is 366. The van der Waals surface area contributed by atoms with Crippen molar-refractivity contribution in [1.82, 2.24) is 0 Å². The molecule has 1 saturated carbocycles. The molecule has 4 heteroatoms. The number of nitrogens with two attached hydrogens (primary N) is 1. The second kappa shape index (κ2) is 6.12. The van der Waals surface area contributed by atoms with Crippen molar-refractivity contribution in [3.8, 4) is 0 Å². The summed E-state index contributed by atoms with van der Waals surface area (Å²) in [7, 11) is 0. The molecule has 2 rings (SSSR count). The minimum Gasteiger partial charge on any atom is -0.397 e. The molecule has 0 heterocycles. The molecule has 0 atom stereocenters. The highest BCUT2D eigenvalue weighted by Gasteiger charge is 2.20. The summed E-state index contributed by atoms with van der Waals surface area (Å²) >= 11 is 5.90. The summed E-state index contributed by atoms with van der Waals surface area (Å²) in [5.74, 6) is 0.839. The van der Waals surface area contributed by atoms with Gasteiger partial charge in [-0.25, -0.2) is 0 Å². The van der Waals surface area contributed by atoms with Gasteiger partial charge in [0.25, 0.3) is 0 Å². The fourth-order valence-electron chi connectivity index (χ4n) is 1.61. The highest BCUT2D eigenvalue weighted by molar-refractivity contribution is 6.31. The van der Waals surface area contributed by atoms with Crippen LogP contribution in [-0.4, -0.2) is 19.8 Å². The van der Waals surface area contributed by atoms with Gasteiger partial charge in [-0.15, -0.1) is 0 Å². The van der Waals surface area contributed by atoms with E-state index in [1.54, 1.807) is 6.07 Å². The fourth-order valence-corrected chi connectivity index (χ4v) is 1.79. The molecule has 94 valence electrons. The van der Waals surface area contributed by atoms with E-state index >= 15 is 0 Å². The van der Waals surface area contributed by atoms with Gasteiger partial charge in [-0.1, -0.05) is 11.6 Å². The van der Waals surface area contributed by atoms with Gasteiger partial charge >= 0.3 is 0 Å². The van der Waals surface area contributed by atoms with Crippen LogP contribution in [0.1, 0.15) is 19.3 Å². The second-order valence-corrected chi connectivity index (χ2v) is 4.97. The normalized spacial score (nSPS) is 14.9. The number of benzene rings is 1. The highest BCUT2D eigenvalue weighted by atomic mass is 35.5. The standard InChI is InChI=1S/C13H19ClN2O/c14-11-4-5-12(15)13(8-11)16-6-1-7-17-9-10-2-3-10/h4-5,8,10,16H,1-3,6-7,9,15H2. The Morgan fingerprint density at radius 1 is 1.41 bits per heavy atom. The van der Waals surface area contributed by atoms with Crippen LogP contribution in [0.25, 0.3) is 0 Å². The maximum Gasteiger partial charge on any atom is 0.0588 e. The van der Waals surface area contributed by atoms with Crippen molar-refractivity contribution < 1.29 is 4.74 Å². The molecule has 0 unspecified atom stereocenters. The third-order valence-electron chi connectivity index (χ3n) is 2.85. The first-order valence-electron chi connectivity index (χ1n) is 6.12. The molecule has 3 nitrogen and oxygen atoms in total. The lowest BCUT2D eigenvalue weighted by molar-refractivity contribution is 0.124. The van der Waals surface area contributed by atoms with Gasteiger partial charge in [-0.3, -0.25) is 0 Å². The Labute approximate surface area is 107 Å². The van der Waals surface area contributed by atoms with Gasteiger partial charge < -0.3 is 15.8 Å². The molecule has 1 aliphatic carbocycles. The van der Waals surface area contributed by atoms with Crippen LogP contribution in [0.3, 0.4) is 0 Å². The molecule has 17 heavy (non-hydrogen) atoms. The van der Waals surface area contributed by atoms with E-state index in [4.69, 9.17) is 22.1 Å². The largest absolute Gasteiger partial charge is 0.397 e. The molecule has 1 aromatic rings. The number of hydrogen-bond donors (Lipinski definition) is 2. The van der Waals surface area contributed by atoms with Gasteiger partial charge in [0.15, 0.2) is 0 Å². The van der Waals surface area contributed by atoms with Crippen LogP contribution in [0.5, 0.6) is 0 Å². The van der Waals surface area contributed by atoms with Gasteiger partial charge in [0.1, 0.15) is 0 Å². The molecule has 0 aliphatic heterocycles. The second-order valence-electron chi connectivity index (χ2n) is 4.53. The monoisotopic (exact) mass is 254 g/mol. The molecule has 3 N–H and O–H groups in total. The first-order chi connectivity index (χ1) is 8.25. The maximum atomic E-state index is 5.90. The molecule has 0 radical (unpaired) electrons. The SMILES string of the molecule is Nc1ccc(Cl)cc1NCCCOCC1CC1. The van der Waals surface area contributed by atoms with Crippen LogP contribution >= 0.6 is 11.6 Å². The van der Waals surface area contributed by atoms with Crippen LogP contribution in [0.2, 0.25) is 5.02 Å². The average molecular weight is 255 g/mol. The number of hydrogen-bond acceptors (Lipinski definition) is 3. The molecule has 1 aromatic carbocycles. The molecular formula is C13H19ClN2O. The first-order valence-corrected chi connectivity index (χ1v) is 6.50. The van der Waals surface area contributed by atoms with E-state index in [0.717, 1.165) is 43.5 Å². The minimum absolute atomic E-state index is 0.701. The van der Waals surface area contributed by atoms with Gasteiger partial charge in [0.2, 0.25) is 0 Å². The van der Waals surface area contributed by atoms with Crippen molar-refractivity contribution in [2.75, 3.05) is 30.8 Å². The van der Waals surface area contributed by atoms with Crippen molar-refractivity contribution in [2.24, 2.45) is 5.92 Å². The molecule has 0 aromatic heterocycles. The van der Waals surface area contributed by atoms with Crippen LogP contribution in [-0.2, 0) is 4.74 Å². The molecule has 0 amide bonds. The Morgan fingerprint density at radius 3 is 3.00 bits per heavy atom. The smallest absolute Gasteiger partial charge is 0.0588 e. The van der Waals surface area contributed by atoms with E-state index in [0.29, 0.717) is 5.02 Å². The Hall–Kier alpha value is -0.930. The van der Waals surface area contributed by atoms with E-state index < -0.39 is 0 Å². The van der Waals surface area contributed by atoms with E-state index in [1.807, 2.05) is 12.1 Å². The third-order valence-corrected chi connectivity index (χ3v) is 3.08. The van der Waals surface area contributed by atoms with E-state index in [-0.39, 0.29) is 0 Å². The number of halogens is 1. The Balaban J connectivity index is 1.61. The van der Waals surface area contributed by atoms with Gasteiger partial charge in [-0.05, 0) is 43.4 Å². The van der Waals surface area contributed by atoms with Crippen LogP contribution in [0.4, 0.5) is 11.4 Å². The summed E-state index contributed by atoms with van der Waals surface area (Å²) in [6, 6.07) is 5.46. The minimum atomic E-state index is 0.701. The van der Waals surface area contributed by atoms with Crippen molar-refractivity contribution in [1.29, 1.82) is 0 Å². The number of ether oxygens (including phenoxy) is 1. The van der Waals surface area contributed by atoms with Crippen LogP contribution in [0.15, 0.2) is 18.2 Å². The third kappa shape index (κ3) is 4.44. The Kier molecular flexibility index (Phi) is 4.51. The first kappa shape index (κ1) is 12.5. The summed E-state index contributed by atoms with van der Waals surface area (Å²) in [4.78, 5) is 0. The maximum absolute atomic E-state index is 5.90. The summed E-state index contributed by atoms with van der Waals surface area (Å²) in [5, 5.41) is 3.97. The zero-order chi connectivity index (χ0) is 12.1. The zero-order valence-corrected chi connectivity index (χ0v) is 10.7. The number of nitrogens with one attached hydrogen (secondary N) is 1. The summed E-state index contributed by atoms with van der Waals surface area (Å²) in [6.45, 7) is 2.60. The van der Waals surface area contributed by atoms with Crippen LogP contribution in [0, 0.1) is 5.92 Å². The molecule has 0 bridgehead atoms. The number of rotatable bonds is 7.